The normalized spacial score (nSPS) is 15.7. The first kappa shape index (κ1) is 12.1. The van der Waals surface area contributed by atoms with Crippen molar-refractivity contribution in [2.45, 2.75) is 19.3 Å². The number of methoxy groups -OCH3 is 1. The third-order valence-corrected chi connectivity index (χ3v) is 3.58. The van der Waals surface area contributed by atoms with Gasteiger partial charge in [0, 0.05) is 18.5 Å². The third kappa shape index (κ3) is 2.18. The number of likely N-dealkylation sites (tertiary alicyclic amines) is 1. The molecule has 2 aromatic rings. The van der Waals surface area contributed by atoms with Crippen molar-refractivity contribution in [3.8, 4) is 5.75 Å². The molecule has 4 heteroatoms. The highest BCUT2D eigenvalue weighted by molar-refractivity contribution is 5.97. The summed E-state index contributed by atoms with van der Waals surface area (Å²) in [6.07, 6.45) is 3.36. The molecule has 1 amide bonds. The van der Waals surface area contributed by atoms with Crippen LogP contribution in [0, 0.1) is 0 Å². The van der Waals surface area contributed by atoms with Crippen LogP contribution in [0.1, 0.15) is 29.8 Å². The van der Waals surface area contributed by atoms with Gasteiger partial charge in [0.25, 0.3) is 5.91 Å². The smallest absolute Gasteiger partial charge is 0.289 e. The number of hydrogen-bond donors (Lipinski definition) is 0. The number of carbonyl (C=O) groups excluding carboxylic acids is 1. The Kier molecular flexibility index (Phi) is 3.15. The molecular formula is C15H17NO3. The molecule has 0 bridgehead atoms. The van der Waals surface area contributed by atoms with E-state index in [0.717, 1.165) is 31.3 Å². The van der Waals surface area contributed by atoms with Crippen molar-refractivity contribution in [1.82, 2.24) is 4.90 Å². The minimum Gasteiger partial charge on any atom is -0.493 e. The largest absolute Gasteiger partial charge is 0.493 e. The minimum atomic E-state index is -0.0158. The van der Waals surface area contributed by atoms with E-state index in [9.17, 15) is 4.79 Å². The Morgan fingerprint density at radius 2 is 2.05 bits per heavy atom. The molecule has 0 radical (unpaired) electrons. The van der Waals surface area contributed by atoms with E-state index in [2.05, 4.69) is 0 Å². The van der Waals surface area contributed by atoms with Crippen molar-refractivity contribution < 1.29 is 13.9 Å². The van der Waals surface area contributed by atoms with E-state index in [1.165, 1.54) is 6.42 Å². The highest BCUT2D eigenvalue weighted by atomic mass is 16.5. The van der Waals surface area contributed by atoms with Gasteiger partial charge in [-0.05, 0) is 31.4 Å². The van der Waals surface area contributed by atoms with Gasteiger partial charge in [-0.2, -0.15) is 0 Å². The highest BCUT2D eigenvalue weighted by Crippen LogP contribution is 2.29. The number of nitrogens with zero attached hydrogens (tertiary/aromatic N) is 1. The van der Waals surface area contributed by atoms with Crippen molar-refractivity contribution in [1.29, 1.82) is 0 Å². The number of piperidine rings is 1. The van der Waals surface area contributed by atoms with Crippen LogP contribution in [0.3, 0.4) is 0 Å². The number of carbonyl (C=O) groups is 1. The number of fused-ring (bicyclic) bond motifs is 1. The van der Waals surface area contributed by atoms with E-state index >= 15 is 0 Å². The SMILES string of the molecule is COc1cccc2cc(C(=O)N3CCCCC3)oc12. The molecule has 0 atom stereocenters. The topological polar surface area (TPSA) is 42.7 Å². The first-order valence-corrected chi connectivity index (χ1v) is 6.65. The first-order valence-electron chi connectivity index (χ1n) is 6.65. The van der Waals surface area contributed by atoms with Crippen LogP contribution >= 0.6 is 0 Å². The third-order valence-electron chi connectivity index (χ3n) is 3.58. The molecule has 1 fully saturated rings. The molecule has 1 saturated heterocycles. The average molecular weight is 259 g/mol. The molecule has 4 nitrogen and oxygen atoms in total. The zero-order chi connectivity index (χ0) is 13.2. The second kappa shape index (κ2) is 4.96. The van der Waals surface area contributed by atoms with E-state index in [4.69, 9.17) is 9.15 Å². The molecule has 1 aliphatic rings. The van der Waals surface area contributed by atoms with Gasteiger partial charge in [-0.15, -0.1) is 0 Å². The number of para-hydroxylation sites is 1. The zero-order valence-electron chi connectivity index (χ0n) is 11.0. The van der Waals surface area contributed by atoms with Gasteiger partial charge in [0.15, 0.2) is 17.1 Å². The molecule has 0 spiro atoms. The molecule has 3 rings (SSSR count). The molecule has 1 aromatic heterocycles. The minimum absolute atomic E-state index is 0.0158. The van der Waals surface area contributed by atoms with Crippen LogP contribution in [-0.4, -0.2) is 31.0 Å². The molecule has 0 aliphatic carbocycles. The lowest BCUT2D eigenvalue weighted by atomic mass is 10.1. The van der Waals surface area contributed by atoms with Gasteiger partial charge in [0.2, 0.25) is 0 Å². The molecule has 19 heavy (non-hydrogen) atoms. The Labute approximate surface area is 111 Å². The molecule has 1 aromatic carbocycles. The number of ether oxygens (including phenoxy) is 1. The number of rotatable bonds is 2. The average Bonchev–Trinajstić information content (AvgIpc) is 2.91. The van der Waals surface area contributed by atoms with Gasteiger partial charge in [-0.25, -0.2) is 0 Å². The van der Waals surface area contributed by atoms with Gasteiger partial charge in [-0.1, -0.05) is 12.1 Å². The Morgan fingerprint density at radius 1 is 1.26 bits per heavy atom. The zero-order valence-corrected chi connectivity index (χ0v) is 11.0. The standard InChI is InChI=1S/C15H17NO3/c1-18-12-7-5-6-11-10-13(19-14(11)12)15(17)16-8-3-2-4-9-16/h5-7,10H,2-4,8-9H2,1H3. The van der Waals surface area contributed by atoms with Crippen molar-refractivity contribution >= 4 is 16.9 Å². The monoisotopic (exact) mass is 259 g/mol. The van der Waals surface area contributed by atoms with Crippen molar-refractivity contribution in [3.63, 3.8) is 0 Å². The molecule has 0 saturated carbocycles. The predicted molar refractivity (Wildman–Crippen MR) is 72.5 cm³/mol. The fourth-order valence-corrected chi connectivity index (χ4v) is 2.56. The van der Waals surface area contributed by atoms with Gasteiger partial charge in [-0.3, -0.25) is 4.79 Å². The first-order chi connectivity index (χ1) is 9.29. The van der Waals surface area contributed by atoms with Gasteiger partial charge < -0.3 is 14.1 Å². The lowest BCUT2D eigenvalue weighted by Crippen LogP contribution is -2.35. The second-order valence-electron chi connectivity index (χ2n) is 4.84. The lowest BCUT2D eigenvalue weighted by molar-refractivity contribution is 0.0694. The van der Waals surface area contributed by atoms with Crippen LogP contribution in [0.25, 0.3) is 11.0 Å². The maximum atomic E-state index is 12.4. The van der Waals surface area contributed by atoms with Crippen molar-refractivity contribution in [3.05, 3.63) is 30.0 Å². The lowest BCUT2D eigenvalue weighted by Gasteiger charge is -2.25. The van der Waals surface area contributed by atoms with Crippen LogP contribution < -0.4 is 4.74 Å². The quantitative estimate of drug-likeness (QED) is 0.832. The fourth-order valence-electron chi connectivity index (χ4n) is 2.56. The maximum absolute atomic E-state index is 12.4. The summed E-state index contributed by atoms with van der Waals surface area (Å²) in [5, 5.41) is 0.903. The molecule has 1 aliphatic heterocycles. The predicted octanol–water partition coefficient (Wildman–Crippen LogP) is 3.07. The fraction of sp³-hybridized carbons (Fsp3) is 0.400. The number of benzene rings is 1. The van der Waals surface area contributed by atoms with E-state index in [0.29, 0.717) is 17.1 Å². The van der Waals surface area contributed by atoms with E-state index in [1.807, 2.05) is 23.1 Å². The molecule has 0 unspecified atom stereocenters. The summed E-state index contributed by atoms with van der Waals surface area (Å²) in [4.78, 5) is 14.2. The molecule has 2 heterocycles. The maximum Gasteiger partial charge on any atom is 0.289 e. The van der Waals surface area contributed by atoms with Crippen LogP contribution in [0.15, 0.2) is 28.7 Å². The van der Waals surface area contributed by atoms with Gasteiger partial charge in [0.05, 0.1) is 7.11 Å². The summed E-state index contributed by atoms with van der Waals surface area (Å²) >= 11 is 0. The van der Waals surface area contributed by atoms with Crippen LogP contribution in [0.5, 0.6) is 5.75 Å². The molecule has 100 valence electrons. The Bertz CT molecular complexity index is 596. The number of hydrogen-bond acceptors (Lipinski definition) is 3. The van der Waals surface area contributed by atoms with E-state index < -0.39 is 0 Å². The summed E-state index contributed by atoms with van der Waals surface area (Å²) in [6, 6.07) is 7.45. The Morgan fingerprint density at radius 3 is 2.79 bits per heavy atom. The second-order valence-corrected chi connectivity index (χ2v) is 4.84. The van der Waals surface area contributed by atoms with E-state index in [-0.39, 0.29) is 5.91 Å². The van der Waals surface area contributed by atoms with Gasteiger partial charge >= 0.3 is 0 Å². The van der Waals surface area contributed by atoms with Crippen LogP contribution in [0.4, 0.5) is 0 Å². The van der Waals surface area contributed by atoms with Crippen LogP contribution in [0.2, 0.25) is 0 Å². The number of furan rings is 1. The Balaban J connectivity index is 1.94. The molecular weight excluding hydrogens is 242 g/mol. The van der Waals surface area contributed by atoms with Crippen molar-refractivity contribution in [2.75, 3.05) is 20.2 Å². The van der Waals surface area contributed by atoms with E-state index in [1.54, 1.807) is 13.2 Å². The van der Waals surface area contributed by atoms with Gasteiger partial charge in [0.1, 0.15) is 0 Å². The van der Waals surface area contributed by atoms with Crippen molar-refractivity contribution in [2.24, 2.45) is 0 Å². The van der Waals surface area contributed by atoms with Crippen LogP contribution in [-0.2, 0) is 0 Å². The summed E-state index contributed by atoms with van der Waals surface area (Å²) < 4.78 is 10.9. The summed E-state index contributed by atoms with van der Waals surface area (Å²) in [7, 11) is 1.60. The summed E-state index contributed by atoms with van der Waals surface area (Å²) in [5.41, 5.74) is 0.644. The summed E-state index contributed by atoms with van der Waals surface area (Å²) in [5.74, 6) is 1.05. The highest BCUT2D eigenvalue weighted by Gasteiger charge is 2.22. The molecule has 0 N–H and O–H groups in total. The number of amides is 1. The summed E-state index contributed by atoms with van der Waals surface area (Å²) in [6.45, 7) is 1.65. The Hall–Kier alpha value is -1.97.